The topological polar surface area (TPSA) is 78.8 Å². The van der Waals surface area contributed by atoms with Crippen LogP contribution in [0.15, 0.2) is 24.3 Å². The number of aromatic nitrogens is 4. The van der Waals surface area contributed by atoms with Crippen LogP contribution in [0.3, 0.4) is 0 Å². The summed E-state index contributed by atoms with van der Waals surface area (Å²) in [5.74, 6) is 0.760. The van der Waals surface area contributed by atoms with Gasteiger partial charge in [-0.3, -0.25) is 0 Å². The number of hydrogen-bond acceptors (Lipinski definition) is 5. The molecule has 3 rings (SSSR count). The first kappa shape index (κ1) is 14.0. The second-order valence-electron chi connectivity index (χ2n) is 6.09. The van der Waals surface area contributed by atoms with E-state index in [-0.39, 0.29) is 17.6 Å². The lowest BCUT2D eigenvalue weighted by Gasteiger charge is -2.51. The van der Waals surface area contributed by atoms with E-state index in [0.29, 0.717) is 5.69 Å². The Morgan fingerprint density at radius 3 is 2.90 bits per heavy atom. The van der Waals surface area contributed by atoms with Crippen LogP contribution >= 0.6 is 0 Å². The molecule has 6 heteroatoms. The highest BCUT2D eigenvalue weighted by Crippen LogP contribution is 2.51. The summed E-state index contributed by atoms with van der Waals surface area (Å²) in [5.41, 5.74) is 7.52. The van der Waals surface area contributed by atoms with Crippen molar-refractivity contribution in [1.29, 1.82) is 0 Å². The first-order chi connectivity index (χ1) is 10.0. The summed E-state index contributed by atoms with van der Waals surface area (Å²) in [6.45, 7) is 7.16. The molecule has 1 saturated carbocycles. The van der Waals surface area contributed by atoms with Crippen LogP contribution in [0.2, 0.25) is 0 Å². The summed E-state index contributed by atoms with van der Waals surface area (Å²) in [6.07, 6.45) is 1.19. The maximum atomic E-state index is 5.85. The van der Waals surface area contributed by atoms with Crippen LogP contribution in [0.1, 0.15) is 33.2 Å². The number of nitrogens with zero attached hydrogens (tertiary/aromatic N) is 4. The van der Waals surface area contributed by atoms with Crippen LogP contribution in [-0.4, -0.2) is 32.9 Å². The van der Waals surface area contributed by atoms with Gasteiger partial charge in [-0.25, -0.2) is 4.68 Å². The number of rotatable bonds is 4. The fraction of sp³-hybridized carbons (Fsp3) is 0.533. The van der Waals surface area contributed by atoms with E-state index in [1.807, 2.05) is 35.9 Å². The molecule has 0 radical (unpaired) electrons. The minimum absolute atomic E-state index is 0.0144. The molecule has 1 aromatic carbocycles. The number of anilines is 1. The number of hydrogen-bond donors (Lipinski definition) is 1. The van der Waals surface area contributed by atoms with Crippen molar-refractivity contribution in [3.63, 3.8) is 0 Å². The van der Waals surface area contributed by atoms with E-state index in [0.717, 1.165) is 24.4 Å². The molecule has 2 aromatic rings. The Hall–Kier alpha value is -1.95. The number of nitrogen functional groups attached to an aromatic ring is 1. The Kier molecular flexibility index (Phi) is 3.41. The molecule has 2 N–H and O–H groups in total. The third kappa shape index (κ3) is 2.29. The zero-order valence-corrected chi connectivity index (χ0v) is 12.7. The molecule has 0 aliphatic heterocycles. The van der Waals surface area contributed by atoms with Gasteiger partial charge in [0.25, 0.3) is 0 Å². The highest BCUT2D eigenvalue weighted by atomic mass is 16.5. The van der Waals surface area contributed by atoms with Crippen LogP contribution in [-0.2, 0) is 4.74 Å². The van der Waals surface area contributed by atoms with Gasteiger partial charge in [0.15, 0.2) is 5.82 Å². The number of nitrogens with two attached hydrogens (primary N) is 1. The van der Waals surface area contributed by atoms with Crippen LogP contribution < -0.4 is 5.73 Å². The highest BCUT2D eigenvalue weighted by Gasteiger charge is 2.51. The molecule has 2 atom stereocenters. The van der Waals surface area contributed by atoms with Gasteiger partial charge in [0.2, 0.25) is 0 Å². The van der Waals surface area contributed by atoms with Crippen molar-refractivity contribution in [1.82, 2.24) is 20.2 Å². The largest absolute Gasteiger partial charge is 0.399 e. The molecule has 112 valence electrons. The molecule has 1 aliphatic carbocycles. The Balaban J connectivity index is 1.91. The molecule has 2 unspecified atom stereocenters. The maximum absolute atomic E-state index is 5.85. The Bertz CT molecular complexity index is 636. The van der Waals surface area contributed by atoms with Crippen LogP contribution in [0.4, 0.5) is 5.69 Å². The molecule has 0 saturated heterocycles. The van der Waals surface area contributed by atoms with Gasteiger partial charge in [0.05, 0.1) is 12.1 Å². The minimum Gasteiger partial charge on any atom is -0.399 e. The van der Waals surface area contributed by atoms with E-state index < -0.39 is 0 Å². The quantitative estimate of drug-likeness (QED) is 0.873. The average Bonchev–Trinajstić information content (AvgIpc) is 2.91. The second kappa shape index (κ2) is 5.11. The lowest BCUT2D eigenvalue weighted by molar-refractivity contribution is -0.130. The summed E-state index contributed by atoms with van der Waals surface area (Å²) < 4.78 is 7.69. The van der Waals surface area contributed by atoms with Gasteiger partial charge in [-0.1, -0.05) is 26.0 Å². The monoisotopic (exact) mass is 287 g/mol. The highest BCUT2D eigenvalue weighted by molar-refractivity contribution is 5.60. The Morgan fingerprint density at radius 2 is 2.24 bits per heavy atom. The minimum atomic E-state index is 0.0144. The van der Waals surface area contributed by atoms with E-state index in [2.05, 4.69) is 29.4 Å². The molecule has 6 nitrogen and oxygen atoms in total. The lowest BCUT2D eigenvalue weighted by atomic mass is 9.64. The van der Waals surface area contributed by atoms with Crippen molar-refractivity contribution in [3.05, 3.63) is 24.3 Å². The van der Waals surface area contributed by atoms with Crippen LogP contribution in [0, 0.1) is 5.41 Å². The third-order valence-corrected chi connectivity index (χ3v) is 4.43. The van der Waals surface area contributed by atoms with Crippen LogP contribution in [0.5, 0.6) is 0 Å². The van der Waals surface area contributed by atoms with E-state index >= 15 is 0 Å². The molecular formula is C15H21N5O. The molecule has 0 bridgehead atoms. The van der Waals surface area contributed by atoms with Crippen molar-refractivity contribution in [3.8, 4) is 11.4 Å². The summed E-state index contributed by atoms with van der Waals surface area (Å²) >= 11 is 0. The molecule has 21 heavy (non-hydrogen) atoms. The Morgan fingerprint density at radius 1 is 1.43 bits per heavy atom. The molecule has 1 fully saturated rings. The lowest BCUT2D eigenvalue weighted by Crippen LogP contribution is -2.51. The average molecular weight is 287 g/mol. The molecule has 1 aromatic heterocycles. The third-order valence-electron chi connectivity index (χ3n) is 4.43. The Labute approximate surface area is 124 Å². The van der Waals surface area contributed by atoms with Crippen molar-refractivity contribution in [2.24, 2.45) is 5.41 Å². The maximum Gasteiger partial charge on any atom is 0.182 e. The van der Waals surface area contributed by atoms with Gasteiger partial charge in [-0.05, 0) is 35.9 Å². The fourth-order valence-electron chi connectivity index (χ4n) is 3.03. The van der Waals surface area contributed by atoms with Crippen LogP contribution in [0.25, 0.3) is 11.4 Å². The summed E-state index contributed by atoms with van der Waals surface area (Å²) in [5, 5.41) is 12.2. The standard InChI is InChI=1S/C15H21N5O/c1-4-21-13-9-12(15(13,2)3)20-14(17-18-19-20)10-6-5-7-11(16)8-10/h5-8,12-13H,4,9,16H2,1-3H3. The van der Waals surface area contributed by atoms with Gasteiger partial charge >= 0.3 is 0 Å². The van der Waals surface area contributed by atoms with Crippen molar-refractivity contribution < 1.29 is 4.74 Å². The molecule has 0 amide bonds. The normalized spacial score (nSPS) is 23.8. The van der Waals surface area contributed by atoms with Gasteiger partial charge in [-0.2, -0.15) is 0 Å². The molecule has 1 heterocycles. The zero-order valence-electron chi connectivity index (χ0n) is 12.7. The number of benzene rings is 1. The van der Waals surface area contributed by atoms with Gasteiger partial charge in [-0.15, -0.1) is 5.10 Å². The van der Waals surface area contributed by atoms with Gasteiger partial charge < -0.3 is 10.5 Å². The van der Waals surface area contributed by atoms with Crippen molar-refractivity contribution >= 4 is 5.69 Å². The fourth-order valence-corrected chi connectivity index (χ4v) is 3.03. The van der Waals surface area contributed by atoms with Gasteiger partial charge in [0, 0.05) is 23.3 Å². The summed E-state index contributed by atoms with van der Waals surface area (Å²) in [6, 6.07) is 7.88. The smallest absolute Gasteiger partial charge is 0.182 e. The van der Waals surface area contributed by atoms with E-state index in [1.165, 1.54) is 0 Å². The van der Waals surface area contributed by atoms with Gasteiger partial charge in [0.1, 0.15) is 0 Å². The summed E-state index contributed by atoms with van der Waals surface area (Å²) in [7, 11) is 0. The summed E-state index contributed by atoms with van der Waals surface area (Å²) in [4.78, 5) is 0. The first-order valence-corrected chi connectivity index (χ1v) is 7.29. The van der Waals surface area contributed by atoms with E-state index in [1.54, 1.807) is 0 Å². The molecule has 1 aliphatic rings. The molecular weight excluding hydrogens is 266 g/mol. The number of tetrazole rings is 1. The van der Waals surface area contributed by atoms with Crippen molar-refractivity contribution in [2.45, 2.75) is 39.3 Å². The predicted molar refractivity (Wildman–Crippen MR) is 80.5 cm³/mol. The second-order valence-corrected chi connectivity index (χ2v) is 6.09. The van der Waals surface area contributed by atoms with Crippen molar-refractivity contribution in [2.75, 3.05) is 12.3 Å². The SMILES string of the molecule is CCOC1CC(n2nnnc2-c2cccc(N)c2)C1(C)C. The molecule has 0 spiro atoms. The van der Waals surface area contributed by atoms with E-state index in [4.69, 9.17) is 10.5 Å². The predicted octanol–water partition coefficient (Wildman–Crippen LogP) is 2.30. The zero-order chi connectivity index (χ0) is 15.0. The number of ether oxygens (including phenoxy) is 1. The van der Waals surface area contributed by atoms with E-state index in [9.17, 15) is 0 Å². The first-order valence-electron chi connectivity index (χ1n) is 7.29.